The summed E-state index contributed by atoms with van der Waals surface area (Å²) in [6.07, 6.45) is 7.01. The highest BCUT2D eigenvalue weighted by molar-refractivity contribution is 4.71. The number of rotatable bonds is 8. The second kappa shape index (κ2) is 8.05. The molecular weight excluding hydrogens is 170 g/mol. The Morgan fingerprint density at radius 1 is 1.29 bits per heavy atom. The van der Waals surface area contributed by atoms with Crippen molar-refractivity contribution in [1.29, 1.82) is 0 Å². The van der Waals surface area contributed by atoms with Crippen LogP contribution in [0.25, 0.3) is 0 Å². The van der Waals surface area contributed by atoms with Crippen molar-refractivity contribution in [2.75, 3.05) is 13.6 Å². The first-order valence-corrected chi connectivity index (χ1v) is 5.94. The van der Waals surface area contributed by atoms with Crippen LogP contribution in [-0.4, -0.2) is 24.5 Å². The minimum atomic E-state index is 0.749. The van der Waals surface area contributed by atoms with Crippen LogP contribution in [0.1, 0.15) is 46.5 Å². The van der Waals surface area contributed by atoms with Gasteiger partial charge in [0.2, 0.25) is 0 Å². The molecule has 0 aromatic rings. The van der Waals surface area contributed by atoms with Gasteiger partial charge in [0, 0.05) is 6.04 Å². The number of allylic oxidation sites excluding steroid dienone is 1. The zero-order valence-corrected chi connectivity index (χ0v) is 10.4. The van der Waals surface area contributed by atoms with Crippen LogP contribution in [0.3, 0.4) is 0 Å². The summed E-state index contributed by atoms with van der Waals surface area (Å²) in [7, 11) is 2.25. The van der Waals surface area contributed by atoms with Gasteiger partial charge in [-0.15, -0.1) is 6.58 Å². The van der Waals surface area contributed by atoms with E-state index in [4.69, 9.17) is 0 Å². The minimum absolute atomic E-state index is 0.749. The molecule has 1 heteroatoms. The molecule has 0 aromatic carbocycles. The molecule has 0 saturated carbocycles. The van der Waals surface area contributed by atoms with Crippen LogP contribution >= 0.6 is 0 Å². The van der Waals surface area contributed by atoms with Crippen LogP contribution < -0.4 is 0 Å². The van der Waals surface area contributed by atoms with Crippen molar-refractivity contribution in [3.8, 4) is 0 Å². The SMILES string of the molecule is C=CCCCCN(C)C(CC)C(C)C. The van der Waals surface area contributed by atoms with Crippen molar-refractivity contribution in [2.24, 2.45) is 5.92 Å². The van der Waals surface area contributed by atoms with Gasteiger partial charge in [0.15, 0.2) is 0 Å². The largest absolute Gasteiger partial charge is 0.303 e. The van der Waals surface area contributed by atoms with E-state index < -0.39 is 0 Å². The highest BCUT2D eigenvalue weighted by Gasteiger charge is 2.15. The molecule has 0 fully saturated rings. The van der Waals surface area contributed by atoms with Crippen LogP contribution in [0.15, 0.2) is 12.7 Å². The number of hydrogen-bond donors (Lipinski definition) is 0. The fourth-order valence-corrected chi connectivity index (χ4v) is 2.11. The van der Waals surface area contributed by atoms with Crippen molar-refractivity contribution in [3.63, 3.8) is 0 Å². The summed E-state index contributed by atoms with van der Waals surface area (Å²) in [6, 6.07) is 0.749. The molecule has 0 saturated heterocycles. The molecule has 0 amide bonds. The molecule has 84 valence electrons. The topological polar surface area (TPSA) is 3.24 Å². The van der Waals surface area contributed by atoms with Gasteiger partial charge >= 0.3 is 0 Å². The van der Waals surface area contributed by atoms with E-state index in [1.807, 2.05) is 6.08 Å². The van der Waals surface area contributed by atoms with Crippen molar-refractivity contribution in [1.82, 2.24) is 4.90 Å². The van der Waals surface area contributed by atoms with Crippen molar-refractivity contribution in [3.05, 3.63) is 12.7 Å². The monoisotopic (exact) mass is 197 g/mol. The quantitative estimate of drug-likeness (QED) is 0.423. The number of hydrogen-bond acceptors (Lipinski definition) is 1. The van der Waals surface area contributed by atoms with Crippen molar-refractivity contribution < 1.29 is 0 Å². The van der Waals surface area contributed by atoms with Crippen molar-refractivity contribution >= 4 is 0 Å². The molecule has 0 radical (unpaired) electrons. The standard InChI is InChI=1S/C13H27N/c1-6-8-9-10-11-14(5)13(7-2)12(3)4/h6,12-13H,1,7-11H2,2-5H3. The first-order valence-electron chi connectivity index (χ1n) is 5.94. The van der Waals surface area contributed by atoms with E-state index in [-0.39, 0.29) is 0 Å². The van der Waals surface area contributed by atoms with Crippen LogP contribution in [0, 0.1) is 5.92 Å². The third-order valence-corrected chi connectivity index (χ3v) is 2.92. The average Bonchev–Trinajstić information content (AvgIpc) is 2.13. The van der Waals surface area contributed by atoms with Gasteiger partial charge in [-0.25, -0.2) is 0 Å². The molecule has 0 rings (SSSR count). The van der Waals surface area contributed by atoms with E-state index in [1.165, 1.54) is 25.8 Å². The molecule has 0 aliphatic rings. The molecule has 1 atom stereocenters. The molecule has 0 spiro atoms. The lowest BCUT2D eigenvalue weighted by atomic mass is 10.00. The molecule has 0 aliphatic heterocycles. The van der Waals surface area contributed by atoms with E-state index in [0.717, 1.165) is 18.4 Å². The Balaban J connectivity index is 3.69. The molecule has 0 bridgehead atoms. The molecule has 0 heterocycles. The van der Waals surface area contributed by atoms with Gasteiger partial charge in [-0.1, -0.05) is 26.8 Å². The molecule has 1 nitrogen and oxygen atoms in total. The summed E-state index contributed by atoms with van der Waals surface area (Å²) in [6.45, 7) is 11.9. The zero-order chi connectivity index (χ0) is 11.0. The average molecular weight is 197 g/mol. The van der Waals surface area contributed by atoms with Crippen LogP contribution in [0.2, 0.25) is 0 Å². The van der Waals surface area contributed by atoms with Gasteiger partial charge in [-0.2, -0.15) is 0 Å². The molecule has 0 aromatic heterocycles. The Hall–Kier alpha value is -0.300. The fourth-order valence-electron chi connectivity index (χ4n) is 2.11. The second-order valence-corrected chi connectivity index (χ2v) is 4.48. The molecule has 1 unspecified atom stereocenters. The van der Waals surface area contributed by atoms with Gasteiger partial charge in [0.1, 0.15) is 0 Å². The molecule has 0 aliphatic carbocycles. The Labute approximate surface area is 90.2 Å². The Morgan fingerprint density at radius 2 is 1.93 bits per heavy atom. The summed E-state index contributed by atoms with van der Waals surface area (Å²) in [5.74, 6) is 0.768. The highest BCUT2D eigenvalue weighted by Crippen LogP contribution is 2.13. The predicted molar refractivity (Wildman–Crippen MR) is 65.6 cm³/mol. The molecule has 0 N–H and O–H groups in total. The van der Waals surface area contributed by atoms with Crippen LogP contribution in [0.4, 0.5) is 0 Å². The van der Waals surface area contributed by atoms with E-state index in [1.54, 1.807) is 0 Å². The smallest absolute Gasteiger partial charge is 0.0113 e. The molecular formula is C13H27N. The third kappa shape index (κ3) is 5.43. The maximum absolute atomic E-state index is 3.74. The van der Waals surface area contributed by atoms with E-state index in [9.17, 15) is 0 Å². The lowest BCUT2D eigenvalue weighted by Gasteiger charge is -2.30. The first-order chi connectivity index (χ1) is 6.63. The minimum Gasteiger partial charge on any atom is -0.303 e. The summed E-state index contributed by atoms with van der Waals surface area (Å²) in [4.78, 5) is 2.51. The normalized spacial score (nSPS) is 13.6. The molecule has 14 heavy (non-hydrogen) atoms. The number of nitrogens with zero attached hydrogens (tertiary/aromatic N) is 1. The maximum Gasteiger partial charge on any atom is 0.0113 e. The van der Waals surface area contributed by atoms with Crippen LogP contribution in [-0.2, 0) is 0 Å². The van der Waals surface area contributed by atoms with E-state index in [2.05, 4.69) is 39.3 Å². The summed E-state index contributed by atoms with van der Waals surface area (Å²) >= 11 is 0. The summed E-state index contributed by atoms with van der Waals surface area (Å²) < 4.78 is 0. The zero-order valence-electron chi connectivity index (χ0n) is 10.4. The summed E-state index contributed by atoms with van der Waals surface area (Å²) in [5.41, 5.74) is 0. The lowest BCUT2D eigenvalue weighted by Crippen LogP contribution is -2.36. The van der Waals surface area contributed by atoms with E-state index >= 15 is 0 Å². The predicted octanol–water partition coefficient (Wildman–Crippen LogP) is 3.71. The Kier molecular flexibility index (Phi) is 7.87. The van der Waals surface area contributed by atoms with E-state index in [0.29, 0.717) is 0 Å². The lowest BCUT2D eigenvalue weighted by molar-refractivity contribution is 0.183. The first kappa shape index (κ1) is 13.7. The van der Waals surface area contributed by atoms with Gasteiger partial charge in [0.05, 0.1) is 0 Å². The van der Waals surface area contributed by atoms with Gasteiger partial charge < -0.3 is 4.90 Å². The van der Waals surface area contributed by atoms with Crippen molar-refractivity contribution in [2.45, 2.75) is 52.5 Å². The Morgan fingerprint density at radius 3 is 2.36 bits per heavy atom. The Bertz CT molecular complexity index is 140. The van der Waals surface area contributed by atoms with Gasteiger partial charge in [-0.3, -0.25) is 0 Å². The fraction of sp³-hybridized carbons (Fsp3) is 0.846. The third-order valence-electron chi connectivity index (χ3n) is 2.92. The highest BCUT2D eigenvalue weighted by atomic mass is 15.1. The van der Waals surface area contributed by atoms with Crippen LogP contribution in [0.5, 0.6) is 0 Å². The maximum atomic E-state index is 3.74. The second-order valence-electron chi connectivity index (χ2n) is 4.48. The van der Waals surface area contributed by atoms with Gasteiger partial charge in [0.25, 0.3) is 0 Å². The summed E-state index contributed by atoms with van der Waals surface area (Å²) in [5, 5.41) is 0. The van der Waals surface area contributed by atoms with Gasteiger partial charge in [-0.05, 0) is 45.2 Å². The number of unbranched alkanes of at least 4 members (excludes halogenated alkanes) is 2.